The van der Waals surface area contributed by atoms with Gasteiger partial charge in [-0.05, 0) is 32.8 Å². The Balaban J connectivity index is 1.45. The van der Waals surface area contributed by atoms with Gasteiger partial charge in [-0.3, -0.25) is 9.48 Å². The average Bonchev–Trinajstić information content (AvgIpc) is 3.23. The van der Waals surface area contributed by atoms with Crippen molar-refractivity contribution in [3.63, 3.8) is 0 Å². The fraction of sp³-hybridized carbons (Fsp3) is 0.421. The van der Waals surface area contributed by atoms with E-state index in [0.29, 0.717) is 11.5 Å². The number of thiazole rings is 1. The minimum absolute atomic E-state index is 0.0797. The number of carbonyl (C=O) groups excluding carboxylic acids is 1. The molecule has 1 aliphatic rings. The van der Waals surface area contributed by atoms with Crippen LogP contribution in [0.2, 0.25) is 0 Å². The van der Waals surface area contributed by atoms with Gasteiger partial charge in [-0.15, -0.1) is 11.3 Å². The smallest absolute Gasteiger partial charge is 0.257 e. The summed E-state index contributed by atoms with van der Waals surface area (Å²) in [6.45, 7) is 5.41. The number of hydrogen-bond acceptors (Lipinski definition) is 6. The topological polar surface area (TPSA) is 76.8 Å². The summed E-state index contributed by atoms with van der Waals surface area (Å²) in [7, 11) is 1.84. The molecule has 0 radical (unpaired) electrons. The molecule has 0 saturated carbocycles. The normalized spacial score (nSPS) is 15.3. The Morgan fingerprint density at radius 1 is 1.22 bits per heavy atom. The van der Waals surface area contributed by atoms with Crippen molar-refractivity contribution in [1.82, 2.24) is 29.6 Å². The van der Waals surface area contributed by atoms with Gasteiger partial charge in [0.15, 0.2) is 0 Å². The zero-order chi connectivity index (χ0) is 19.0. The van der Waals surface area contributed by atoms with Gasteiger partial charge in [0.25, 0.3) is 5.91 Å². The number of aryl methyl sites for hydroxylation is 3. The Labute approximate surface area is 162 Å². The van der Waals surface area contributed by atoms with Gasteiger partial charge in [0.1, 0.15) is 6.33 Å². The van der Waals surface area contributed by atoms with Crippen LogP contribution in [0.25, 0.3) is 10.6 Å². The van der Waals surface area contributed by atoms with Crippen molar-refractivity contribution < 1.29 is 4.79 Å². The summed E-state index contributed by atoms with van der Waals surface area (Å²) in [6, 6.07) is 1.92. The van der Waals surface area contributed by atoms with Crippen LogP contribution in [0.4, 0.5) is 0 Å². The maximum atomic E-state index is 12.8. The Morgan fingerprint density at radius 2 is 2.00 bits per heavy atom. The molecule has 1 amide bonds. The van der Waals surface area contributed by atoms with Crippen LogP contribution < -0.4 is 0 Å². The van der Waals surface area contributed by atoms with Crippen molar-refractivity contribution in [1.29, 1.82) is 0 Å². The highest BCUT2D eigenvalue weighted by atomic mass is 32.1. The highest BCUT2D eigenvalue weighted by Gasteiger charge is 2.28. The monoisotopic (exact) mass is 382 g/mol. The number of aromatic nitrogens is 5. The molecule has 0 aromatic carbocycles. The first-order valence-electron chi connectivity index (χ1n) is 9.06. The minimum atomic E-state index is 0.0797. The van der Waals surface area contributed by atoms with Gasteiger partial charge in [-0.25, -0.2) is 15.0 Å². The quantitative estimate of drug-likeness (QED) is 0.696. The van der Waals surface area contributed by atoms with E-state index >= 15 is 0 Å². The second kappa shape index (κ2) is 7.19. The van der Waals surface area contributed by atoms with Crippen molar-refractivity contribution in [2.24, 2.45) is 7.05 Å². The van der Waals surface area contributed by atoms with Gasteiger partial charge in [-0.1, -0.05) is 0 Å². The van der Waals surface area contributed by atoms with Crippen molar-refractivity contribution in [3.8, 4) is 10.6 Å². The first-order chi connectivity index (χ1) is 13.0. The lowest BCUT2D eigenvalue weighted by molar-refractivity contribution is 0.0712. The van der Waals surface area contributed by atoms with E-state index in [0.717, 1.165) is 52.9 Å². The molecule has 0 aliphatic carbocycles. The van der Waals surface area contributed by atoms with Gasteiger partial charge in [0.2, 0.25) is 0 Å². The average molecular weight is 382 g/mol. The molecule has 1 fully saturated rings. The molecule has 1 aliphatic heterocycles. The van der Waals surface area contributed by atoms with Gasteiger partial charge < -0.3 is 4.90 Å². The van der Waals surface area contributed by atoms with Gasteiger partial charge in [0, 0.05) is 38.4 Å². The standard InChI is InChI=1S/C19H22N6OS/c1-12-15(10-24(3)23-12)19(26)25-8-5-14(6-9-25)18-22-13(2)17(27-18)16-4-7-20-11-21-16/h4,7,10-11,14H,5-6,8-9H2,1-3H3. The van der Waals surface area contributed by atoms with E-state index in [1.165, 1.54) is 0 Å². The van der Waals surface area contributed by atoms with Crippen molar-refractivity contribution >= 4 is 17.2 Å². The molecule has 0 bridgehead atoms. The lowest BCUT2D eigenvalue weighted by Crippen LogP contribution is -2.38. The molecule has 0 spiro atoms. The van der Waals surface area contributed by atoms with Gasteiger partial charge in [0.05, 0.1) is 32.5 Å². The second-order valence-electron chi connectivity index (χ2n) is 6.93. The molecule has 27 heavy (non-hydrogen) atoms. The zero-order valence-corrected chi connectivity index (χ0v) is 16.5. The number of amides is 1. The first kappa shape index (κ1) is 17.8. The molecule has 0 unspecified atom stereocenters. The molecule has 140 valence electrons. The zero-order valence-electron chi connectivity index (χ0n) is 15.7. The number of carbonyl (C=O) groups is 1. The van der Waals surface area contributed by atoms with Crippen LogP contribution in [0.1, 0.15) is 45.5 Å². The first-order valence-corrected chi connectivity index (χ1v) is 9.88. The highest BCUT2D eigenvalue weighted by Crippen LogP contribution is 2.36. The fourth-order valence-electron chi connectivity index (χ4n) is 3.56. The van der Waals surface area contributed by atoms with E-state index in [1.807, 2.05) is 38.1 Å². The van der Waals surface area contributed by atoms with Crippen LogP contribution in [-0.2, 0) is 7.05 Å². The molecular weight excluding hydrogens is 360 g/mol. The maximum absolute atomic E-state index is 12.8. The summed E-state index contributed by atoms with van der Waals surface area (Å²) in [4.78, 5) is 28.9. The molecule has 7 nitrogen and oxygen atoms in total. The van der Waals surface area contributed by atoms with Gasteiger partial charge in [-0.2, -0.15) is 5.10 Å². The Morgan fingerprint density at radius 3 is 2.63 bits per heavy atom. The molecule has 4 heterocycles. The molecule has 3 aromatic heterocycles. The summed E-state index contributed by atoms with van der Waals surface area (Å²) in [5.74, 6) is 0.472. The summed E-state index contributed by atoms with van der Waals surface area (Å²) in [5, 5.41) is 5.43. The van der Waals surface area contributed by atoms with Crippen LogP contribution in [0.5, 0.6) is 0 Å². The number of nitrogens with zero attached hydrogens (tertiary/aromatic N) is 6. The largest absolute Gasteiger partial charge is 0.338 e. The predicted molar refractivity (Wildman–Crippen MR) is 104 cm³/mol. The predicted octanol–water partition coefficient (Wildman–Crippen LogP) is 2.97. The fourth-order valence-corrected chi connectivity index (χ4v) is 4.78. The molecular formula is C19H22N6OS. The summed E-state index contributed by atoms with van der Waals surface area (Å²) in [5.41, 5.74) is 3.42. The number of likely N-dealkylation sites (tertiary alicyclic amines) is 1. The van der Waals surface area contributed by atoms with Crippen LogP contribution in [0, 0.1) is 13.8 Å². The van der Waals surface area contributed by atoms with Gasteiger partial charge >= 0.3 is 0 Å². The number of piperidine rings is 1. The molecule has 0 atom stereocenters. The van der Waals surface area contributed by atoms with Crippen LogP contribution >= 0.6 is 11.3 Å². The van der Waals surface area contributed by atoms with E-state index in [-0.39, 0.29) is 5.91 Å². The van der Waals surface area contributed by atoms with E-state index in [9.17, 15) is 4.79 Å². The lowest BCUT2D eigenvalue weighted by atomic mass is 9.97. The third kappa shape index (κ3) is 3.49. The van der Waals surface area contributed by atoms with E-state index < -0.39 is 0 Å². The highest BCUT2D eigenvalue weighted by molar-refractivity contribution is 7.15. The van der Waals surface area contributed by atoms with E-state index in [2.05, 4.69) is 15.1 Å². The van der Waals surface area contributed by atoms with Crippen molar-refractivity contribution in [2.45, 2.75) is 32.6 Å². The summed E-state index contributed by atoms with van der Waals surface area (Å²) in [6.07, 6.45) is 6.99. The number of hydrogen-bond donors (Lipinski definition) is 0. The Hall–Kier alpha value is -2.61. The molecule has 1 saturated heterocycles. The minimum Gasteiger partial charge on any atom is -0.338 e. The van der Waals surface area contributed by atoms with Crippen molar-refractivity contribution in [2.75, 3.05) is 13.1 Å². The molecule has 0 N–H and O–H groups in total. The maximum Gasteiger partial charge on any atom is 0.257 e. The van der Waals surface area contributed by atoms with E-state index in [4.69, 9.17) is 4.98 Å². The van der Waals surface area contributed by atoms with Crippen LogP contribution in [0.15, 0.2) is 24.8 Å². The number of rotatable bonds is 3. The lowest BCUT2D eigenvalue weighted by Gasteiger charge is -2.31. The third-order valence-corrected chi connectivity index (χ3v) is 6.35. The summed E-state index contributed by atoms with van der Waals surface area (Å²) >= 11 is 1.71. The Kier molecular flexibility index (Phi) is 4.73. The second-order valence-corrected chi connectivity index (χ2v) is 7.96. The SMILES string of the molecule is Cc1nn(C)cc1C(=O)N1CCC(c2nc(C)c(-c3ccncn3)s2)CC1. The Bertz CT molecular complexity index is 956. The molecule has 4 rings (SSSR count). The summed E-state index contributed by atoms with van der Waals surface area (Å²) < 4.78 is 1.70. The van der Waals surface area contributed by atoms with Crippen molar-refractivity contribution in [3.05, 3.63) is 46.7 Å². The molecule has 8 heteroatoms. The van der Waals surface area contributed by atoms with E-state index in [1.54, 1.807) is 28.5 Å². The van der Waals surface area contributed by atoms with Crippen LogP contribution in [-0.4, -0.2) is 48.6 Å². The molecule has 3 aromatic rings. The third-order valence-electron chi connectivity index (χ3n) is 5.00. The van der Waals surface area contributed by atoms with Crippen LogP contribution in [0.3, 0.4) is 0 Å².